The van der Waals surface area contributed by atoms with Crippen molar-refractivity contribution in [3.05, 3.63) is 41.6 Å². The number of amides is 1. The first-order chi connectivity index (χ1) is 13.4. The molecule has 1 saturated carbocycles. The van der Waals surface area contributed by atoms with Crippen molar-refractivity contribution in [2.75, 3.05) is 6.61 Å². The number of rotatable bonds is 7. The van der Waals surface area contributed by atoms with E-state index in [2.05, 4.69) is 32.2 Å². The molecule has 1 heterocycles. The maximum atomic E-state index is 12.5. The average Bonchev–Trinajstić information content (AvgIpc) is 2.99. The van der Waals surface area contributed by atoms with E-state index >= 15 is 0 Å². The number of hydrogen-bond acceptors (Lipinski definition) is 4. The van der Waals surface area contributed by atoms with Crippen LogP contribution in [0.25, 0.3) is 0 Å². The summed E-state index contributed by atoms with van der Waals surface area (Å²) < 4.78 is 0. The van der Waals surface area contributed by atoms with E-state index in [-0.39, 0.29) is 24.3 Å². The molecule has 1 aromatic carbocycles. The summed E-state index contributed by atoms with van der Waals surface area (Å²) in [4.78, 5) is 14.2. The number of phenolic OH excluding ortho intramolecular Hbond substituents is 1. The Balaban J connectivity index is 1.49. The highest BCUT2D eigenvalue weighted by Crippen LogP contribution is 2.33. The minimum atomic E-state index is -0.0302. The van der Waals surface area contributed by atoms with Gasteiger partial charge < -0.3 is 20.4 Å². The van der Waals surface area contributed by atoms with Crippen molar-refractivity contribution in [2.24, 2.45) is 17.8 Å². The van der Waals surface area contributed by atoms with Gasteiger partial charge in [0.2, 0.25) is 0 Å². The number of fused-ring (bicyclic) bond motifs is 1. The number of carbonyl (C=O) groups excluding carboxylic acids is 1. The summed E-state index contributed by atoms with van der Waals surface area (Å²) in [5.41, 5.74) is 1.58. The zero-order chi connectivity index (χ0) is 20.3. The number of aromatic hydroxyl groups is 1. The fourth-order valence-corrected chi connectivity index (χ4v) is 4.42. The molecule has 1 amide bonds. The number of aliphatic hydroxyl groups excluding tert-OH is 1. The van der Waals surface area contributed by atoms with Crippen molar-refractivity contribution in [3.63, 3.8) is 0 Å². The lowest BCUT2D eigenvalue weighted by molar-refractivity contribution is 0.0840. The Hall–Kier alpha value is -1.85. The van der Waals surface area contributed by atoms with Crippen LogP contribution >= 0.6 is 0 Å². The smallest absolute Gasteiger partial charge is 0.258 e. The molecule has 2 unspecified atom stereocenters. The third-order valence-corrected chi connectivity index (χ3v) is 6.47. The number of benzene rings is 1. The largest absolute Gasteiger partial charge is 0.508 e. The van der Waals surface area contributed by atoms with Gasteiger partial charge in [-0.2, -0.15) is 0 Å². The first kappa shape index (κ1) is 20.9. The summed E-state index contributed by atoms with van der Waals surface area (Å²) in [5, 5.41) is 22.7. The second kappa shape index (κ2) is 9.10. The zero-order valence-corrected chi connectivity index (χ0v) is 17.3. The van der Waals surface area contributed by atoms with E-state index in [1.165, 1.54) is 12.8 Å². The standard InChI is InChI=1S/C23H34N2O3/c1-15(2)22(14-26)24-16(3)18-6-4-17(5-7-18)10-11-25-13-19-8-9-20(27)12-21(19)23(25)28/h8-12,15-18,22,24,26-27H,4-7,13-14H2,1-3H3. The second-order valence-electron chi connectivity index (χ2n) is 8.78. The number of nitrogens with zero attached hydrogens (tertiary/aromatic N) is 1. The average molecular weight is 387 g/mol. The van der Waals surface area contributed by atoms with Crippen LogP contribution < -0.4 is 5.32 Å². The molecule has 5 nitrogen and oxygen atoms in total. The van der Waals surface area contributed by atoms with E-state index in [9.17, 15) is 15.0 Å². The van der Waals surface area contributed by atoms with E-state index in [4.69, 9.17) is 0 Å². The number of allylic oxidation sites excluding steroid dienone is 1. The Morgan fingerprint density at radius 3 is 2.57 bits per heavy atom. The minimum absolute atomic E-state index is 0.0302. The molecule has 1 fully saturated rings. The predicted molar refractivity (Wildman–Crippen MR) is 111 cm³/mol. The minimum Gasteiger partial charge on any atom is -0.508 e. The van der Waals surface area contributed by atoms with Gasteiger partial charge in [-0.05, 0) is 68.1 Å². The van der Waals surface area contributed by atoms with E-state index in [1.807, 2.05) is 12.3 Å². The topological polar surface area (TPSA) is 72.8 Å². The molecule has 154 valence electrons. The zero-order valence-electron chi connectivity index (χ0n) is 17.3. The van der Waals surface area contributed by atoms with Crippen LogP contribution in [0.2, 0.25) is 0 Å². The van der Waals surface area contributed by atoms with Crippen LogP contribution in [0.15, 0.2) is 30.5 Å². The highest BCUT2D eigenvalue weighted by atomic mass is 16.3. The number of hydrogen-bond donors (Lipinski definition) is 3. The van der Waals surface area contributed by atoms with Gasteiger partial charge >= 0.3 is 0 Å². The van der Waals surface area contributed by atoms with Gasteiger partial charge in [-0.1, -0.05) is 26.0 Å². The Morgan fingerprint density at radius 1 is 1.21 bits per heavy atom. The fraction of sp³-hybridized carbons (Fsp3) is 0.609. The lowest BCUT2D eigenvalue weighted by atomic mass is 9.78. The molecule has 0 aromatic heterocycles. The van der Waals surface area contributed by atoms with Gasteiger partial charge in [0.05, 0.1) is 13.2 Å². The summed E-state index contributed by atoms with van der Waals surface area (Å²) in [6.45, 7) is 7.29. The van der Waals surface area contributed by atoms with Crippen molar-refractivity contribution in [1.82, 2.24) is 10.2 Å². The lowest BCUT2D eigenvalue weighted by Crippen LogP contribution is -2.46. The first-order valence-corrected chi connectivity index (χ1v) is 10.6. The van der Waals surface area contributed by atoms with Crippen molar-refractivity contribution < 1.29 is 15.0 Å². The number of carbonyl (C=O) groups is 1. The molecule has 1 aliphatic heterocycles. The maximum Gasteiger partial charge on any atom is 0.258 e. The van der Waals surface area contributed by atoms with Gasteiger partial charge in [0.1, 0.15) is 5.75 Å². The van der Waals surface area contributed by atoms with Gasteiger partial charge in [0.15, 0.2) is 0 Å². The van der Waals surface area contributed by atoms with E-state index in [0.717, 1.165) is 18.4 Å². The molecule has 3 N–H and O–H groups in total. The number of phenols is 1. The van der Waals surface area contributed by atoms with E-state index < -0.39 is 0 Å². The summed E-state index contributed by atoms with van der Waals surface area (Å²) in [7, 11) is 0. The number of nitrogens with one attached hydrogen (secondary N) is 1. The quantitative estimate of drug-likeness (QED) is 0.669. The Labute approximate surface area is 168 Å². The monoisotopic (exact) mass is 386 g/mol. The first-order valence-electron chi connectivity index (χ1n) is 10.6. The normalized spacial score (nSPS) is 24.8. The van der Waals surface area contributed by atoms with Crippen LogP contribution in [0.3, 0.4) is 0 Å². The van der Waals surface area contributed by atoms with Crippen molar-refractivity contribution in [2.45, 2.75) is 65.1 Å². The Bertz CT molecular complexity index is 708. The molecule has 3 rings (SSSR count). The summed E-state index contributed by atoms with van der Waals surface area (Å²) in [5.74, 6) is 1.68. The van der Waals surface area contributed by atoms with E-state index in [1.54, 1.807) is 17.0 Å². The van der Waals surface area contributed by atoms with Crippen LogP contribution in [0.5, 0.6) is 5.75 Å². The lowest BCUT2D eigenvalue weighted by Gasteiger charge is -2.34. The van der Waals surface area contributed by atoms with Crippen LogP contribution in [-0.2, 0) is 6.54 Å². The summed E-state index contributed by atoms with van der Waals surface area (Å²) in [6.07, 6.45) is 8.72. The van der Waals surface area contributed by atoms with Gasteiger partial charge in [-0.25, -0.2) is 0 Å². The third kappa shape index (κ3) is 4.76. The second-order valence-corrected chi connectivity index (χ2v) is 8.78. The molecule has 2 aliphatic rings. The van der Waals surface area contributed by atoms with Gasteiger partial charge in [0.25, 0.3) is 5.91 Å². The highest BCUT2D eigenvalue weighted by molar-refractivity contribution is 5.99. The highest BCUT2D eigenvalue weighted by Gasteiger charge is 2.28. The molecule has 5 heteroatoms. The Morgan fingerprint density at radius 2 is 1.93 bits per heavy atom. The summed E-state index contributed by atoms with van der Waals surface area (Å²) >= 11 is 0. The molecule has 0 saturated heterocycles. The fourth-order valence-electron chi connectivity index (χ4n) is 4.42. The predicted octanol–water partition coefficient (Wildman–Crippen LogP) is 3.66. The molecule has 0 spiro atoms. The molecule has 1 aromatic rings. The van der Waals surface area contributed by atoms with Crippen LogP contribution in [0, 0.1) is 17.8 Å². The molecule has 1 aliphatic carbocycles. The van der Waals surface area contributed by atoms with Crippen molar-refractivity contribution in [1.29, 1.82) is 0 Å². The van der Waals surface area contributed by atoms with Crippen molar-refractivity contribution >= 4 is 5.91 Å². The number of aliphatic hydroxyl groups is 1. The maximum absolute atomic E-state index is 12.5. The van der Waals surface area contributed by atoms with Gasteiger partial charge in [-0.15, -0.1) is 0 Å². The van der Waals surface area contributed by atoms with Crippen LogP contribution in [0.4, 0.5) is 0 Å². The molecule has 0 radical (unpaired) electrons. The summed E-state index contributed by atoms with van der Waals surface area (Å²) in [6, 6.07) is 5.59. The molecule has 0 bridgehead atoms. The van der Waals surface area contributed by atoms with E-state index in [0.29, 0.717) is 35.9 Å². The molecular formula is C23H34N2O3. The molecular weight excluding hydrogens is 352 g/mol. The van der Waals surface area contributed by atoms with Gasteiger partial charge in [0, 0.05) is 23.8 Å². The molecule has 28 heavy (non-hydrogen) atoms. The van der Waals surface area contributed by atoms with Gasteiger partial charge in [-0.3, -0.25) is 4.79 Å². The van der Waals surface area contributed by atoms with Crippen LogP contribution in [0.1, 0.15) is 62.4 Å². The SMILES string of the molecule is CC(C)C(CO)NC(C)C1CCC(C=CN2Cc3ccc(O)cc3C2=O)CC1. The van der Waals surface area contributed by atoms with Crippen molar-refractivity contribution in [3.8, 4) is 5.75 Å². The van der Waals surface area contributed by atoms with Crippen LogP contribution in [-0.4, -0.2) is 39.7 Å². The molecule has 2 atom stereocenters. The Kier molecular flexibility index (Phi) is 6.78. The third-order valence-electron chi connectivity index (χ3n) is 6.47.